The first-order valence-electron chi connectivity index (χ1n) is 23.1. The normalized spacial score (nSPS) is 37.5. The Bertz CT molecular complexity index is 1860. The standard InChI is InChI=1S/C49H71ClN2O5.CH3NO/c1-28(2)42-38(54)25-49(26-41(55)52-27-46(6,21-22-51)30-9-11-32(50)12-10-30)20-16-36-33(43(42)49)13-14-40-47(36,7)19-17-39-45(4,5)31(15-18-48(39,40)8)23-37(53)34-24-35(29(34)3)44(56)57;2-1-3/h9-12,28-29,31,33-36,39-40H,13-27,51H2,1-8H3,(H,52,55)(H,56,57);1H,(H2,2,3). The van der Waals surface area contributed by atoms with Crippen LogP contribution in [0.25, 0.3) is 0 Å². The van der Waals surface area contributed by atoms with Crippen molar-refractivity contribution in [2.75, 3.05) is 13.1 Å². The number of allylic oxidation sites excluding steroid dienone is 2. The van der Waals surface area contributed by atoms with E-state index in [1.165, 1.54) is 12.0 Å². The number of amides is 2. The number of hydrogen-bond donors (Lipinski definition) is 4. The average molecular weight is 849 g/mol. The summed E-state index contributed by atoms with van der Waals surface area (Å²) in [6.07, 6.45) is 11.5. The lowest BCUT2D eigenvalue weighted by Gasteiger charge is -2.69. The summed E-state index contributed by atoms with van der Waals surface area (Å²) in [5.41, 5.74) is 13.3. The number of carbonyl (C=O) groups excluding carboxylic acids is 4. The molecule has 0 radical (unpaired) electrons. The third kappa shape index (κ3) is 7.94. The van der Waals surface area contributed by atoms with E-state index in [9.17, 15) is 24.3 Å². The van der Waals surface area contributed by atoms with Crippen molar-refractivity contribution in [1.82, 2.24) is 5.32 Å². The van der Waals surface area contributed by atoms with Gasteiger partial charge in [-0.05, 0) is 152 Å². The zero-order valence-corrected chi connectivity index (χ0v) is 38.5. The summed E-state index contributed by atoms with van der Waals surface area (Å²) in [6, 6.07) is 7.86. The molecule has 10 heteroatoms. The molecular formula is C50H74ClN3O6. The Morgan fingerprint density at radius 2 is 1.62 bits per heavy atom. The molecule has 9 nitrogen and oxygen atoms in total. The van der Waals surface area contributed by atoms with Crippen LogP contribution in [0.2, 0.25) is 5.02 Å². The number of nitrogens with two attached hydrogens (primary N) is 2. The van der Waals surface area contributed by atoms with Crippen LogP contribution < -0.4 is 16.8 Å². The SMILES string of the molecule is CC(C)C1=C2C3CCC4C(C)(CCC5C(C)(C)C(CC(=O)C6CC(C(=O)O)C6C)CCC54C)C3CCC2(CC(=O)NCC(C)(CCN)c2ccc(Cl)cc2)CC1=O.NC=O. The first-order chi connectivity index (χ1) is 28.1. The predicted octanol–water partition coefficient (Wildman–Crippen LogP) is 9.08. The Kier molecular flexibility index (Phi) is 13.4. The lowest BCUT2D eigenvalue weighted by atomic mass is 9.35. The molecule has 332 valence electrons. The van der Waals surface area contributed by atoms with Crippen molar-refractivity contribution in [1.29, 1.82) is 0 Å². The van der Waals surface area contributed by atoms with Crippen molar-refractivity contribution in [3.05, 3.63) is 46.0 Å². The van der Waals surface area contributed by atoms with E-state index in [0.717, 1.165) is 62.5 Å². The zero-order chi connectivity index (χ0) is 44.2. The molecule has 0 aliphatic heterocycles. The van der Waals surface area contributed by atoms with Crippen molar-refractivity contribution < 1.29 is 29.1 Å². The number of carboxylic acids is 1. The second-order valence-electron chi connectivity index (χ2n) is 21.9. The molecule has 2 amide bonds. The Morgan fingerprint density at radius 3 is 2.22 bits per heavy atom. The van der Waals surface area contributed by atoms with Crippen LogP contribution in [0.3, 0.4) is 0 Å². The van der Waals surface area contributed by atoms with Crippen molar-refractivity contribution in [3.63, 3.8) is 0 Å². The third-order valence-corrected chi connectivity index (χ3v) is 18.6. The summed E-state index contributed by atoms with van der Waals surface area (Å²) in [7, 11) is 0. The molecule has 5 saturated carbocycles. The maximum atomic E-state index is 14.1. The number of rotatable bonds is 12. The van der Waals surface area contributed by atoms with E-state index >= 15 is 0 Å². The maximum Gasteiger partial charge on any atom is 0.306 e. The van der Waals surface area contributed by atoms with Gasteiger partial charge >= 0.3 is 5.97 Å². The number of ketones is 2. The van der Waals surface area contributed by atoms with Crippen LogP contribution in [0.4, 0.5) is 0 Å². The molecule has 6 aliphatic rings. The Morgan fingerprint density at radius 1 is 0.967 bits per heavy atom. The van der Waals surface area contributed by atoms with Gasteiger partial charge in [-0.2, -0.15) is 0 Å². The summed E-state index contributed by atoms with van der Waals surface area (Å²) in [5.74, 6) is 1.62. The molecule has 5 fully saturated rings. The summed E-state index contributed by atoms with van der Waals surface area (Å²) >= 11 is 6.21. The number of fused-ring (bicyclic) bond motifs is 7. The highest BCUT2D eigenvalue weighted by Gasteiger charge is 2.66. The largest absolute Gasteiger partial charge is 0.481 e. The molecule has 0 spiro atoms. The van der Waals surface area contributed by atoms with E-state index in [1.807, 2.05) is 31.2 Å². The van der Waals surface area contributed by atoms with E-state index in [2.05, 4.69) is 59.5 Å². The average Bonchev–Trinajstić information content (AvgIpc) is 3.46. The molecule has 12 unspecified atom stereocenters. The predicted molar refractivity (Wildman–Crippen MR) is 237 cm³/mol. The molecule has 7 rings (SSSR count). The van der Waals surface area contributed by atoms with Gasteiger partial charge in [-0.25, -0.2) is 0 Å². The van der Waals surface area contributed by atoms with Crippen LogP contribution in [-0.4, -0.2) is 48.0 Å². The van der Waals surface area contributed by atoms with Gasteiger partial charge in [-0.15, -0.1) is 0 Å². The highest BCUT2D eigenvalue weighted by atomic mass is 35.5. The van der Waals surface area contributed by atoms with E-state index in [1.54, 1.807) is 0 Å². The van der Waals surface area contributed by atoms with Gasteiger partial charge in [-0.3, -0.25) is 24.0 Å². The number of aliphatic carboxylic acids is 1. The van der Waals surface area contributed by atoms with Gasteiger partial charge in [-0.1, -0.05) is 84.7 Å². The van der Waals surface area contributed by atoms with Gasteiger partial charge in [0.05, 0.1) is 5.92 Å². The third-order valence-electron chi connectivity index (χ3n) is 18.4. The van der Waals surface area contributed by atoms with Gasteiger partial charge in [0.25, 0.3) is 0 Å². The van der Waals surface area contributed by atoms with E-state index in [-0.39, 0.29) is 69.2 Å². The number of Topliss-reactive ketones (excluding diaryl/α,β-unsaturated/α-hetero) is 2. The van der Waals surface area contributed by atoms with Gasteiger partial charge < -0.3 is 21.9 Å². The monoisotopic (exact) mass is 848 g/mol. The van der Waals surface area contributed by atoms with E-state index in [0.29, 0.717) is 73.4 Å². The first kappa shape index (κ1) is 46.5. The molecule has 1 aromatic rings. The lowest BCUT2D eigenvalue weighted by molar-refractivity contribution is -0.193. The van der Waals surface area contributed by atoms with Gasteiger partial charge in [0, 0.05) is 47.6 Å². The minimum atomic E-state index is -0.766. The smallest absolute Gasteiger partial charge is 0.306 e. The molecule has 0 saturated heterocycles. The number of halogens is 1. The molecule has 6 N–H and O–H groups in total. The fourth-order valence-electron chi connectivity index (χ4n) is 15.2. The number of hydrogen-bond acceptors (Lipinski definition) is 6. The fourth-order valence-corrected chi connectivity index (χ4v) is 15.3. The zero-order valence-electron chi connectivity index (χ0n) is 37.7. The van der Waals surface area contributed by atoms with Crippen LogP contribution >= 0.6 is 11.6 Å². The molecule has 12 atom stereocenters. The highest BCUT2D eigenvalue weighted by molar-refractivity contribution is 6.30. The molecule has 0 heterocycles. The number of benzene rings is 1. The van der Waals surface area contributed by atoms with Gasteiger partial charge in [0.2, 0.25) is 12.3 Å². The van der Waals surface area contributed by atoms with Crippen LogP contribution in [-0.2, 0) is 29.4 Å². The minimum Gasteiger partial charge on any atom is -0.481 e. The maximum absolute atomic E-state index is 14.1. The van der Waals surface area contributed by atoms with Crippen molar-refractivity contribution >= 4 is 41.5 Å². The van der Waals surface area contributed by atoms with Crippen LogP contribution in [0.1, 0.15) is 144 Å². The molecule has 60 heavy (non-hydrogen) atoms. The molecule has 6 aliphatic carbocycles. The number of primary amides is 1. The topological polar surface area (TPSA) is 170 Å². The molecule has 0 bridgehead atoms. The van der Waals surface area contributed by atoms with Gasteiger partial charge in [0.1, 0.15) is 5.78 Å². The minimum absolute atomic E-state index is 0.0219. The van der Waals surface area contributed by atoms with Crippen molar-refractivity contribution in [2.24, 2.45) is 86.4 Å². The number of nitrogens with one attached hydrogen (secondary N) is 1. The second kappa shape index (κ2) is 17.3. The van der Waals surface area contributed by atoms with Crippen LogP contribution in [0.5, 0.6) is 0 Å². The summed E-state index contributed by atoms with van der Waals surface area (Å²) in [6.45, 7) is 19.5. The van der Waals surface area contributed by atoms with Crippen LogP contribution in [0.15, 0.2) is 35.4 Å². The fraction of sp³-hybridized carbons (Fsp3) is 0.740. The summed E-state index contributed by atoms with van der Waals surface area (Å²) in [4.78, 5) is 62.1. The summed E-state index contributed by atoms with van der Waals surface area (Å²) in [5, 5.41) is 13.6. The Hall–Kier alpha value is -3.04. The quantitative estimate of drug-likeness (QED) is 0.152. The number of carbonyl (C=O) groups is 5. The first-order valence-corrected chi connectivity index (χ1v) is 23.4. The van der Waals surface area contributed by atoms with Crippen LogP contribution in [0, 0.1) is 74.9 Å². The van der Waals surface area contributed by atoms with E-state index in [4.69, 9.17) is 22.1 Å². The second-order valence-corrected chi connectivity index (χ2v) is 22.4. The summed E-state index contributed by atoms with van der Waals surface area (Å²) < 4.78 is 0. The Labute approximate surface area is 364 Å². The van der Waals surface area contributed by atoms with Crippen molar-refractivity contribution in [2.45, 2.75) is 144 Å². The molecule has 1 aromatic carbocycles. The molecule has 0 aromatic heterocycles. The lowest BCUT2D eigenvalue weighted by Crippen LogP contribution is -2.62. The molecular weight excluding hydrogens is 774 g/mol. The van der Waals surface area contributed by atoms with Crippen molar-refractivity contribution in [3.8, 4) is 0 Å². The van der Waals surface area contributed by atoms with E-state index < -0.39 is 11.4 Å². The highest BCUT2D eigenvalue weighted by Crippen LogP contribution is 2.74. The van der Waals surface area contributed by atoms with Gasteiger partial charge in [0.15, 0.2) is 5.78 Å². The number of carboxylic acid groups (broad SMARTS) is 1. The Balaban J connectivity index is 0.00000195.